The average Bonchev–Trinajstić information content (AvgIpc) is 2.31. The maximum absolute atomic E-state index is 11.3. The lowest BCUT2D eigenvalue weighted by Crippen LogP contribution is -2.18. The van der Waals surface area contributed by atoms with Crippen LogP contribution in [0, 0.1) is 0 Å². The molecule has 108 valence electrons. The van der Waals surface area contributed by atoms with Crippen LogP contribution in [0.15, 0.2) is 23.1 Å². The Hall–Kier alpha value is -0.920. The Morgan fingerprint density at radius 2 is 2.11 bits per heavy atom. The van der Waals surface area contributed by atoms with Gasteiger partial charge in [-0.1, -0.05) is 6.92 Å². The van der Waals surface area contributed by atoms with Crippen LogP contribution in [0.2, 0.25) is 0 Å². The highest BCUT2D eigenvalue weighted by Gasteiger charge is 2.11. The highest BCUT2D eigenvalue weighted by molar-refractivity contribution is 7.99. The maximum atomic E-state index is 11.3. The number of anilines is 2. The highest BCUT2D eigenvalue weighted by atomic mass is 32.2. The summed E-state index contributed by atoms with van der Waals surface area (Å²) in [5, 5.41) is 8.33. The lowest BCUT2D eigenvalue weighted by atomic mass is 10.2. The Bertz CT molecular complexity index is 518. The molecule has 0 aliphatic rings. The van der Waals surface area contributed by atoms with Crippen molar-refractivity contribution in [3.8, 4) is 0 Å². The molecular weight excluding hydrogens is 282 g/mol. The molecule has 0 aromatic heterocycles. The molecule has 1 atom stereocenters. The molecule has 0 radical (unpaired) electrons. The molecule has 1 aromatic carbocycles. The zero-order valence-corrected chi connectivity index (χ0v) is 12.9. The number of nitrogens with two attached hydrogens (primary N) is 2. The standard InChI is InChI=1S/C12H21N3O2S2/c1-3-18-7-6-9(2)15-12-8-10(19(14,16)17)4-5-11(12)13/h4-5,8-9,15H,3,6-7,13H2,1-2H3,(H2,14,16,17). The molecule has 0 aliphatic carbocycles. The number of nitrogens with one attached hydrogen (secondary N) is 1. The lowest BCUT2D eigenvalue weighted by molar-refractivity contribution is 0.598. The minimum atomic E-state index is -3.70. The molecule has 7 heteroatoms. The predicted molar refractivity (Wildman–Crippen MR) is 82.9 cm³/mol. The van der Waals surface area contributed by atoms with E-state index in [-0.39, 0.29) is 10.9 Å². The summed E-state index contributed by atoms with van der Waals surface area (Å²) in [5.41, 5.74) is 6.96. The first-order chi connectivity index (χ1) is 8.84. The molecule has 0 spiro atoms. The Labute approximate surface area is 119 Å². The topological polar surface area (TPSA) is 98.2 Å². The van der Waals surface area contributed by atoms with Crippen molar-refractivity contribution < 1.29 is 8.42 Å². The highest BCUT2D eigenvalue weighted by Crippen LogP contribution is 2.23. The number of primary sulfonamides is 1. The third-order valence-electron chi connectivity index (χ3n) is 2.65. The van der Waals surface area contributed by atoms with Crippen molar-refractivity contribution >= 4 is 33.2 Å². The summed E-state index contributed by atoms with van der Waals surface area (Å²) in [4.78, 5) is 0.0688. The van der Waals surface area contributed by atoms with Crippen LogP contribution in [0.5, 0.6) is 0 Å². The number of rotatable bonds is 7. The van der Waals surface area contributed by atoms with Crippen molar-refractivity contribution in [2.45, 2.75) is 31.2 Å². The second kappa shape index (κ2) is 7.02. The van der Waals surface area contributed by atoms with Gasteiger partial charge >= 0.3 is 0 Å². The Morgan fingerprint density at radius 3 is 2.68 bits per heavy atom. The minimum Gasteiger partial charge on any atom is -0.397 e. The van der Waals surface area contributed by atoms with Crippen LogP contribution in [0.4, 0.5) is 11.4 Å². The average molecular weight is 303 g/mol. The van der Waals surface area contributed by atoms with Crippen LogP contribution in [0.25, 0.3) is 0 Å². The number of hydrogen-bond donors (Lipinski definition) is 3. The summed E-state index contributed by atoms with van der Waals surface area (Å²) >= 11 is 1.87. The van der Waals surface area contributed by atoms with E-state index in [1.54, 1.807) is 6.07 Å². The van der Waals surface area contributed by atoms with Crippen molar-refractivity contribution in [3.05, 3.63) is 18.2 Å². The summed E-state index contributed by atoms with van der Waals surface area (Å²) in [6, 6.07) is 4.66. The zero-order chi connectivity index (χ0) is 14.5. The fourth-order valence-electron chi connectivity index (χ4n) is 1.58. The van der Waals surface area contributed by atoms with Gasteiger partial charge in [-0.2, -0.15) is 11.8 Å². The van der Waals surface area contributed by atoms with Gasteiger partial charge in [-0.25, -0.2) is 13.6 Å². The van der Waals surface area contributed by atoms with E-state index in [9.17, 15) is 8.42 Å². The fraction of sp³-hybridized carbons (Fsp3) is 0.500. The largest absolute Gasteiger partial charge is 0.397 e. The first-order valence-corrected chi connectivity index (χ1v) is 8.81. The summed E-state index contributed by atoms with van der Waals surface area (Å²) < 4.78 is 22.6. The smallest absolute Gasteiger partial charge is 0.238 e. The second-order valence-corrected chi connectivity index (χ2v) is 7.28. The maximum Gasteiger partial charge on any atom is 0.238 e. The van der Waals surface area contributed by atoms with Gasteiger partial charge in [0.1, 0.15) is 0 Å². The second-order valence-electron chi connectivity index (χ2n) is 4.33. The number of hydrogen-bond acceptors (Lipinski definition) is 5. The van der Waals surface area contributed by atoms with E-state index in [1.165, 1.54) is 12.1 Å². The van der Waals surface area contributed by atoms with Crippen molar-refractivity contribution in [1.82, 2.24) is 0 Å². The Balaban J connectivity index is 2.77. The Morgan fingerprint density at radius 1 is 1.42 bits per heavy atom. The van der Waals surface area contributed by atoms with Gasteiger partial charge in [0, 0.05) is 6.04 Å². The number of benzene rings is 1. The minimum absolute atomic E-state index is 0.0688. The first kappa shape index (κ1) is 16.1. The van der Waals surface area contributed by atoms with E-state index in [4.69, 9.17) is 10.9 Å². The molecule has 0 amide bonds. The van der Waals surface area contributed by atoms with Crippen LogP contribution < -0.4 is 16.2 Å². The molecule has 0 heterocycles. The normalized spacial score (nSPS) is 13.2. The summed E-state index contributed by atoms with van der Waals surface area (Å²) in [5.74, 6) is 2.15. The van der Waals surface area contributed by atoms with E-state index in [0.717, 1.165) is 17.9 Å². The zero-order valence-electron chi connectivity index (χ0n) is 11.2. The van der Waals surface area contributed by atoms with Crippen LogP contribution in [0.3, 0.4) is 0 Å². The van der Waals surface area contributed by atoms with Crippen LogP contribution in [-0.2, 0) is 10.0 Å². The van der Waals surface area contributed by atoms with Gasteiger partial charge in [0.25, 0.3) is 0 Å². The molecule has 0 saturated carbocycles. The van der Waals surface area contributed by atoms with Gasteiger partial charge in [-0.3, -0.25) is 0 Å². The van der Waals surface area contributed by atoms with Gasteiger partial charge in [0.2, 0.25) is 10.0 Å². The molecule has 0 fully saturated rings. The summed E-state index contributed by atoms with van der Waals surface area (Å²) in [7, 11) is -3.70. The molecule has 0 aliphatic heterocycles. The fourth-order valence-corrected chi connectivity index (χ4v) is 2.93. The van der Waals surface area contributed by atoms with Crippen molar-refractivity contribution in [2.75, 3.05) is 22.6 Å². The van der Waals surface area contributed by atoms with Gasteiger partial charge < -0.3 is 11.1 Å². The predicted octanol–water partition coefficient (Wildman–Crippen LogP) is 1.86. The first-order valence-electron chi connectivity index (χ1n) is 6.11. The monoisotopic (exact) mass is 303 g/mol. The molecule has 5 nitrogen and oxygen atoms in total. The molecule has 0 saturated heterocycles. The Kier molecular flexibility index (Phi) is 5.96. The van der Waals surface area contributed by atoms with Crippen LogP contribution in [0.1, 0.15) is 20.3 Å². The molecular formula is C12H21N3O2S2. The van der Waals surface area contributed by atoms with Crippen LogP contribution in [-0.4, -0.2) is 26.0 Å². The third-order valence-corrected chi connectivity index (χ3v) is 4.50. The molecule has 1 rings (SSSR count). The quantitative estimate of drug-likeness (QED) is 0.527. The third kappa shape index (κ3) is 5.30. The van der Waals surface area contributed by atoms with E-state index >= 15 is 0 Å². The van der Waals surface area contributed by atoms with Crippen molar-refractivity contribution in [1.29, 1.82) is 0 Å². The van der Waals surface area contributed by atoms with Crippen LogP contribution >= 0.6 is 11.8 Å². The number of sulfonamides is 1. The van der Waals surface area contributed by atoms with Gasteiger partial charge in [0.15, 0.2) is 0 Å². The lowest BCUT2D eigenvalue weighted by Gasteiger charge is -2.17. The van der Waals surface area contributed by atoms with Gasteiger partial charge in [-0.15, -0.1) is 0 Å². The van der Waals surface area contributed by atoms with E-state index in [0.29, 0.717) is 11.4 Å². The van der Waals surface area contributed by atoms with Crippen molar-refractivity contribution in [3.63, 3.8) is 0 Å². The summed E-state index contributed by atoms with van der Waals surface area (Å²) in [6.45, 7) is 4.16. The molecule has 19 heavy (non-hydrogen) atoms. The van der Waals surface area contributed by atoms with E-state index in [2.05, 4.69) is 12.2 Å². The van der Waals surface area contributed by atoms with E-state index < -0.39 is 10.0 Å². The number of thioether (sulfide) groups is 1. The van der Waals surface area contributed by atoms with E-state index in [1.807, 2.05) is 18.7 Å². The number of nitrogen functional groups attached to an aromatic ring is 1. The summed E-state index contributed by atoms with van der Waals surface area (Å²) in [6.07, 6.45) is 0.984. The molecule has 1 unspecified atom stereocenters. The van der Waals surface area contributed by atoms with Crippen molar-refractivity contribution in [2.24, 2.45) is 5.14 Å². The molecule has 1 aromatic rings. The van der Waals surface area contributed by atoms with Gasteiger partial charge in [-0.05, 0) is 43.0 Å². The van der Waals surface area contributed by atoms with Gasteiger partial charge in [0.05, 0.1) is 16.3 Å². The molecule has 5 N–H and O–H groups in total. The molecule has 0 bridgehead atoms. The SMILES string of the molecule is CCSCCC(C)Nc1cc(S(N)(=O)=O)ccc1N.